The van der Waals surface area contributed by atoms with Crippen molar-refractivity contribution >= 4 is 33.4 Å². The third-order valence-electron chi connectivity index (χ3n) is 2.85. The highest BCUT2D eigenvalue weighted by Crippen LogP contribution is 2.41. The Morgan fingerprint density at radius 1 is 1.05 bits per heavy atom. The summed E-state index contributed by atoms with van der Waals surface area (Å²) < 4.78 is 38.6. The first-order valence-corrected chi connectivity index (χ1v) is 7.83. The summed E-state index contributed by atoms with van der Waals surface area (Å²) in [6.07, 6.45) is 0. The predicted octanol–water partition coefficient (Wildman–Crippen LogP) is 6.23. The zero-order valence-electron chi connectivity index (χ0n) is 11.1. The summed E-state index contributed by atoms with van der Waals surface area (Å²) in [5.74, 6) is 0. The van der Waals surface area contributed by atoms with Crippen molar-refractivity contribution in [2.45, 2.75) is 23.4 Å². The van der Waals surface area contributed by atoms with Crippen molar-refractivity contribution < 1.29 is 13.2 Å². The smallest absolute Gasteiger partial charge is 0.378 e. The van der Waals surface area contributed by atoms with Crippen molar-refractivity contribution in [2.24, 2.45) is 0 Å². The van der Waals surface area contributed by atoms with Crippen LogP contribution in [0.25, 0.3) is 0 Å². The summed E-state index contributed by atoms with van der Waals surface area (Å²) in [4.78, 5) is 0.175. The number of benzene rings is 2. The molecular formula is C15H13BrF3NS. The molecule has 1 unspecified atom stereocenters. The molecule has 1 N–H and O–H groups in total. The van der Waals surface area contributed by atoms with Crippen LogP contribution in [-0.4, -0.2) is 5.51 Å². The van der Waals surface area contributed by atoms with Crippen molar-refractivity contribution in [1.29, 1.82) is 0 Å². The van der Waals surface area contributed by atoms with Crippen molar-refractivity contribution in [2.75, 3.05) is 5.32 Å². The Bertz CT molecular complexity index is 599. The first-order chi connectivity index (χ1) is 9.85. The molecule has 2 aromatic carbocycles. The van der Waals surface area contributed by atoms with Crippen molar-refractivity contribution in [3.05, 3.63) is 58.6 Å². The Kier molecular flexibility index (Phi) is 5.22. The van der Waals surface area contributed by atoms with E-state index in [2.05, 4.69) is 21.2 Å². The van der Waals surface area contributed by atoms with Crippen LogP contribution in [0, 0.1) is 0 Å². The van der Waals surface area contributed by atoms with Gasteiger partial charge in [0.2, 0.25) is 0 Å². The molecule has 2 rings (SSSR count). The molecule has 112 valence electrons. The summed E-state index contributed by atoms with van der Waals surface area (Å²) in [7, 11) is 0. The second-order valence-electron chi connectivity index (χ2n) is 4.46. The Balaban J connectivity index is 2.17. The van der Waals surface area contributed by atoms with E-state index in [4.69, 9.17) is 0 Å². The number of nitrogens with one attached hydrogen (secondary N) is 1. The largest absolute Gasteiger partial charge is 0.446 e. The van der Waals surface area contributed by atoms with E-state index in [1.165, 1.54) is 6.07 Å². The molecule has 2 aromatic rings. The highest BCUT2D eigenvalue weighted by molar-refractivity contribution is 9.10. The lowest BCUT2D eigenvalue weighted by Gasteiger charge is -2.19. The van der Waals surface area contributed by atoms with Crippen molar-refractivity contribution in [3.63, 3.8) is 0 Å². The Hall–Kier alpha value is -1.14. The zero-order chi connectivity index (χ0) is 15.5. The fraction of sp³-hybridized carbons (Fsp3) is 0.200. The molecular weight excluding hydrogens is 363 g/mol. The SMILES string of the molecule is CC(Nc1ccccc1SC(F)(F)F)c1ccc(Br)cc1. The van der Waals surface area contributed by atoms with Gasteiger partial charge in [-0.1, -0.05) is 40.2 Å². The second-order valence-corrected chi connectivity index (χ2v) is 6.48. The van der Waals surface area contributed by atoms with Crippen LogP contribution in [0.3, 0.4) is 0 Å². The molecule has 0 radical (unpaired) electrons. The maximum atomic E-state index is 12.6. The minimum absolute atomic E-state index is 0.0897. The van der Waals surface area contributed by atoms with E-state index in [0.717, 1.165) is 10.0 Å². The van der Waals surface area contributed by atoms with Gasteiger partial charge < -0.3 is 5.32 Å². The molecule has 0 aliphatic carbocycles. The number of alkyl halides is 3. The number of halogens is 4. The van der Waals surface area contributed by atoms with Gasteiger partial charge in [0.25, 0.3) is 0 Å². The van der Waals surface area contributed by atoms with Crippen molar-refractivity contribution in [3.8, 4) is 0 Å². The van der Waals surface area contributed by atoms with E-state index >= 15 is 0 Å². The Morgan fingerprint density at radius 2 is 1.67 bits per heavy atom. The summed E-state index contributed by atoms with van der Waals surface area (Å²) >= 11 is 3.25. The van der Waals surface area contributed by atoms with Gasteiger partial charge in [-0.25, -0.2) is 0 Å². The average Bonchev–Trinajstić information content (AvgIpc) is 2.40. The number of anilines is 1. The monoisotopic (exact) mass is 375 g/mol. The first-order valence-electron chi connectivity index (χ1n) is 6.22. The lowest BCUT2D eigenvalue weighted by Crippen LogP contribution is -2.08. The lowest BCUT2D eigenvalue weighted by atomic mass is 10.1. The summed E-state index contributed by atoms with van der Waals surface area (Å²) in [6, 6.07) is 14.0. The Morgan fingerprint density at radius 3 is 2.29 bits per heavy atom. The standard InChI is InChI=1S/C15H13BrF3NS/c1-10(11-6-8-12(16)9-7-11)20-13-4-2-3-5-14(13)21-15(17,18)19/h2-10,20H,1H3. The van der Waals surface area contributed by atoms with E-state index in [1.54, 1.807) is 18.2 Å². The van der Waals surface area contributed by atoms with Crippen LogP contribution in [0.15, 0.2) is 57.9 Å². The van der Waals surface area contributed by atoms with Gasteiger partial charge in [-0.15, -0.1) is 0 Å². The number of hydrogen-bond donors (Lipinski definition) is 1. The van der Waals surface area contributed by atoms with E-state index < -0.39 is 5.51 Å². The zero-order valence-corrected chi connectivity index (χ0v) is 13.5. The first kappa shape index (κ1) is 16.2. The van der Waals surface area contributed by atoms with Crippen LogP contribution in [0.5, 0.6) is 0 Å². The molecule has 0 saturated heterocycles. The highest BCUT2D eigenvalue weighted by atomic mass is 79.9. The molecule has 0 heterocycles. The molecule has 0 amide bonds. The normalized spacial score (nSPS) is 13.0. The maximum absolute atomic E-state index is 12.6. The van der Waals surface area contributed by atoms with Crippen LogP contribution < -0.4 is 5.32 Å². The molecule has 0 aliphatic heterocycles. The van der Waals surface area contributed by atoms with Gasteiger partial charge in [-0.3, -0.25) is 0 Å². The predicted molar refractivity (Wildman–Crippen MR) is 84.5 cm³/mol. The topological polar surface area (TPSA) is 12.0 Å². The molecule has 1 nitrogen and oxygen atoms in total. The average molecular weight is 376 g/mol. The van der Waals surface area contributed by atoms with Crippen molar-refractivity contribution in [1.82, 2.24) is 0 Å². The van der Waals surface area contributed by atoms with Gasteiger partial charge >= 0.3 is 5.51 Å². The van der Waals surface area contributed by atoms with Gasteiger partial charge in [-0.05, 0) is 48.5 Å². The molecule has 0 spiro atoms. The molecule has 1 atom stereocenters. The van der Waals surface area contributed by atoms with E-state index in [-0.39, 0.29) is 22.7 Å². The molecule has 0 fully saturated rings. The fourth-order valence-corrected chi connectivity index (χ4v) is 2.76. The third kappa shape index (κ3) is 4.97. The van der Waals surface area contributed by atoms with Gasteiger partial charge in [0, 0.05) is 21.1 Å². The Labute approximate surface area is 134 Å². The third-order valence-corrected chi connectivity index (χ3v) is 4.19. The van der Waals surface area contributed by atoms with E-state index in [1.807, 2.05) is 31.2 Å². The molecule has 0 bridgehead atoms. The maximum Gasteiger partial charge on any atom is 0.446 e. The second kappa shape index (κ2) is 6.75. The number of hydrogen-bond acceptors (Lipinski definition) is 2. The summed E-state index contributed by atoms with van der Waals surface area (Å²) in [6.45, 7) is 1.91. The summed E-state index contributed by atoms with van der Waals surface area (Å²) in [5, 5.41) is 3.13. The minimum atomic E-state index is -4.29. The van der Waals surface area contributed by atoms with Gasteiger partial charge in [0.05, 0.1) is 0 Å². The summed E-state index contributed by atoms with van der Waals surface area (Å²) in [5.41, 5.74) is -2.81. The van der Waals surface area contributed by atoms with Gasteiger partial charge in [0.1, 0.15) is 0 Å². The van der Waals surface area contributed by atoms with Gasteiger partial charge in [-0.2, -0.15) is 13.2 Å². The van der Waals surface area contributed by atoms with Gasteiger partial charge in [0.15, 0.2) is 0 Å². The number of rotatable bonds is 4. The number of para-hydroxylation sites is 1. The quantitative estimate of drug-likeness (QED) is 0.635. The minimum Gasteiger partial charge on any atom is -0.378 e. The number of thioether (sulfide) groups is 1. The van der Waals surface area contributed by atoms with Crippen LogP contribution in [0.2, 0.25) is 0 Å². The molecule has 0 saturated carbocycles. The van der Waals surface area contributed by atoms with Crippen LogP contribution >= 0.6 is 27.7 Å². The molecule has 0 aliphatic rings. The lowest BCUT2D eigenvalue weighted by molar-refractivity contribution is -0.0327. The fourth-order valence-electron chi connectivity index (χ4n) is 1.87. The molecule has 21 heavy (non-hydrogen) atoms. The van der Waals surface area contributed by atoms with Crippen LogP contribution in [0.4, 0.5) is 18.9 Å². The highest BCUT2D eigenvalue weighted by Gasteiger charge is 2.30. The van der Waals surface area contributed by atoms with E-state index in [0.29, 0.717) is 5.69 Å². The molecule has 6 heteroatoms. The van der Waals surface area contributed by atoms with Crippen LogP contribution in [0.1, 0.15) is 18.5 Å². The van der Waals surface area contributed by atoms with E-state index in [9.17, 15) is 13.2 Å². The molecule has 0 aromatic heterocycles. The van der Waals surface area contributed by atoms with Crippen LogP contribution in [-0.2, 0) is 0 Å².